The van der Waals surface area contributed by atoms with E-state index in [1.165, 1.54) is 7.11 Å². The van der Waals surface area contributed by atoms with E-state index in [1.54, 1.807) is 23.1 Å². The Morgan fingerprint density at radius 2 is 2.04 bits per heavy atom. The van der Waals surface area contributed by atoms with Crippen molar-refractivity contribution in [1.29, 1.82) is 0 Å². The van der Waals surface area contributed by atoms with Gasteiger partial charge in [0, 0.05) is 30.8 Å². The van der Waals surface area contributed by atoms with Gasteiger partial charge < -0.3 is 19.7 Å². The predicted molar refractivity (Wildman–Crippen MR) is 94.0 cm³/mol. The highest BCUT2D eigenvalue weighted by molar-refractivity contribution is 6.31. The molecule has 1 unspecified atom stereocenters. The SMILES string of the molecule is COc1ccc(Cl)cc1C(=O)N1CCC(NC(=O)C2CCCO2)CC1. The lowest BCUT2D eigenvalue weighted by Crippen LogP contribution is -2.48. The van der Waals surface area contributed by atoms with Crippen molar-refractivity contribution >= 4 is 23.4 Å². The Hall–Kier alpha value is -1.79. The van der Waals surface area contributed by atoms with Crippen molar-refractivity contribution in [2.24, 2.45) is 0 Å². The molecule has 6 nitrogen and oxygen atoms in total. The van der Waals surface area contributed by atoms with Crippen LogP contribution in [0.15, 0.2) is 18.2 Å². The molecule has 1 atom stereocenters. The molecule has 0 aliphatic carbocycles. The second kappa shape index (κ2) is 8.06. The van der Waals surface area contributed by atoms with Crippen molar-refractivity contribution < 1.29 is 19.1 Å². The fourth-order valence-corrected chi connectivity index (χ4v) is 3.50. The van der Waals surface area contributed by atoms with Crippen LogP contribution >= 0.6 is 11.6 Å². The molecule has 0 aromatic heterocycles. The zero-order valence-corrected chi connectivity index (χ0v) is 15.1. The third-order valence-corrected chi connectivity index (χ3v) is 4.98. The Morgan fingerprint density at radius 1 is 1.28 bits per heavy atom. The number of carbonyl (C=O) groups is 2. The lowest BCUT2D eigenvalue weighted by atomic mass is 10.0. The van der Waals surface area contributed by atoms with Gasteiger partial charge in [-0.2, -0.15) is 0 Å². The minimum absolute atomic E-state index is 0.0289. The number of likely N-dealkylation sites (tertiary alicyclic amines) is 1. The van der Waals surface area contributed by atoms with Crippen LogP contribution in [-0.4, -0.2) is 55.7 Å². The summed E-state index contributed by atoms with van der Waals surface area (Å²) in [5.74, 6) is 0.394. The molecule has 1 aromatic rings. The summed E-state index contributed by atoms with van der Waals surface area (Å²) in [4.78, 5) is 26.7. The fraction of sp³-hybridized carbons (Fsp3) is 0.556. The molecule has 2 fully saturated rings. The monoisotopic (exact) mass is 366 g/mol. The minimum atomic E-state index is -0.310. The number of amides is 2. The Balaban J connectivity index is 1.56. The lowest BCUT2D eigenvalue weighted by molar-refractivity contribution is -0.131. The molecular weight excluding hydrogens is 344 g/mol. The van der Waals surface area contributed by atoms with Gasteiger partial charge in [0.05, 0.1) is 12.7 Å². The highest BCUT2D eigenvalue weighted by Crippen LogP contribution is 2.25. The first-order valence-corrected chi connectivity index (χ1v) is 9.01. The van der Waals surface area contributed by atoms with Gasteiger partial charge in [0.15, 0.2) is 0 Å². The molecule has 2 heterocycles. The summed E-state index contributed by atoms with van der Waals surface area (Å²) in [5, 5.41) is 3.55. The molecule has 136 valence electrons. The van der Waals surface area contributed by atoms with Gasteiger partial charge in [0.2, 0.25) is 5.91 Å². The largest absolute Gasteiger partial charge is 0.496 e. The van der Waals surface area contributed by atoms with Gasteiger partial charge >= 0.3 is 0 Å². The van der Waals surface area contributed by atoms with Crippen molar-refractivity contribution in [2.45, 2.75) is 37.8 Å². The molecule has 0 spiro atoms. The lowest BCUT2D eigenvalue weighted by Gasteiger charge is -2.33. The third kappa shape index (κ3) is 4.25. The van der Waals surface area contributed by atoms with Crippen LogP contribution in [0.3, 0.4) is 0 Å². The molecule has 25 heavy (non-hydrogen) atoms. The summed E-state index contributed by atoms with van der Waals surface area (Å²) in [7, 11) is 1.53. The van der Waals surface area contributed by atoms with Gasteiger partial charge in [-0.1, -0.05) is 11.6 Å². The zero-order chi connectivity index (χ0) is 17.8. The van der Waals surface area contributed by atoms with Crippen LogP contribution in [-0.2, 0) is 9.53 Å². The van der Waals surface area contributed by atoms with E-state index in [0.717, 1.165) is 25.7 Å². The smallest absolute Gasteiger partial charge is 0.257 e. The molecule has 0 radical (unpaired) electrons. The van der Waals surface area contributed by atoms with E-state index in [1.807, 2.05) is 0 Å². The van der Waals surface area contributed by atoms with E-state index in [0.29, 0.717) is 36.0 Å². The first kappa shape index (κ1) is 18.0. The van der Waals surface area contributed by atoms with E-state index in [-0.39, 0.29) is 24.0 Å². The summed E-state index contributed by atoms with van der Waals surface area (Å²) in [6, 6.07) is 5.12. The Labute approximate surface area is 152 Å². The standard InChI is InChI=1S/C18H23ClN2O4/c1-24-15-5-4-12(19)11-14(15)18(23)21-8-6-13(7-9-21)20-17(22)16-3-2-10-25-16/h4-5,11,13,16H,2-3,6-10H2,1H3,(H,20,22). The van der Waals surface area contributed by atoms with Crippen molar-refractivity contribution in [3.63, 3.8) is 0 Å². The number of benzene rings is 1. The summed E-state index contributed by atoms with van der Waals surface area (Å²) < 4.78 is 10.7. The Morgan fingerprint density at radius 3 is 2.68 bits per heavy atom. The number of nitrogens with zero attached hydrogens (tertiary/aromatic N) is 1. The summed E-state index contributed by atoms with van der Waals surface area (Å²) in [6.07, 6.45) is 2.88. The molecule has 7 heteroatoms. The fourth-order valence-electron chi connectivity index (χ4n) is 3.32. The number of methoxy groups -OCH3 is 1. The highest BCUT2D eigenvalue weighted by Gasteiger charge is 2.29. The molecule has 2 amide bonds. The molecule has 2 saturated heterocycles. The number of piperidine rings is 1. The summed E-state index contributed by atoms with van der Waals surface area (Å²) in [5.41, 5.74) is 0.469. The number of ether oxygens (including phenoxy) is 2. The van der Waals surface area contributed by atoms with E-state index in [4.69, 9.17) is 21.1 Å². The normalized spacial score (nSPS) is 21.2. The average Bonchev–Trinajstić information content (AvgIpc) is 3.16. The van der Waals surface area contributed by atoms with Crippen LogP contribution in [0.4, 0.5) is 0 Å². The maximum Gasteiger partial charge on any atom is 0.257 e. The van der Waals surface area contributed by atoms with E-state index < -0.39 is 0 Å². The van der Waals surface area contributed by atoms with Gasteiger partial charge in [0.25, 0.3) is 5.91 Å². The number of halogens is 1. The van der Waals surface area contributed by atoms with Crippen LogP contribution < -0.4 is 10.1 Å². The minimum Gasteiger partial charge on any atom is -0.496 e. The number of nitrogens with one attached hydrogen (secondary N) is 1. The first-order valence-electron chi connectivity index (χ1n) is 8.63. The second-order valence-electron chi connectivity index (χ2n) is 6.42. The molecule has 2 aliphatic heterocycles. The average molecular weight is 367 g/mol. The topological polar surface area (TPSA) is 67.9 Å². The summed E-state index contributed by atoms with van der Waals surface area (Å²) in [6.45, 7) is 1.84. The van der Waals surface area contributed by atoms with Gasteiger partial charge in [-0.3, -0.25) is 9.59 Å². The Kier molecular flexibility index (Phi) is 5.81. The van der Waals surface area contributed by atoms with Gasteiger partial charge in [-0.25, -0.2) is 0 Å². The molecule has 3 rings (SSSR count). The van der Waals surface area contributed by atoms with Gasteiger partial charge in [-0.05, 0) is 43.9 Å². The molecule has 1 N–H and O–H groups in total. The summed E-state index contributed by atoms with van der Waals surface area (Å²) >= 11 is 6.01. The highest BCUT2D eigenvalue weighted by atomic mass is 35.5. The van der Waals surface area contributed by atoms with Crippen molar-refractivity contribution in [3.8, 4) is 5.75 Å². The Bertz CT molecular complexity index is 638. The van der Waals surface area contributed by atoms with Crippen molar-refractivity contribution in [3.05, 3.63) is 28.8 Å². The van der Waals surface area contributed by atoms with Crippen molar-refractivity contribution in [1.82, 2.24) is 10.2 Å². The maximum absolute atomic E-state index is 12.7. The molecule has 0 bridgehead atoms. The van der Waals surface area contributed by atoms with E-state index in [2.05, 4.69) is 5.32 Å². The molecule has 1 aromatic carbocycles. The molecular formula is C18H23ClN2O4. The van der Waals surface area contributed by atoms with Crippen LogP contribution in [0, 0.1) is 0 Å². The number of hydrogen-bond acceptors (Lipinski definition) is 4. The van der Waals surface area contributed by atoms with E-state index in [9.17, 15) is 9.59 Å². The maximum atomic E-state index is 12.7. The predicted octanol–water partition coefficient (Wildman–Crippen LogP) is 2.25. The number of rotatable bonds is 4. The number of carbonyl (C=O) groups excluding carboxylic acids is 2. The quantitative estimate of drug-likeness (QED) is 0.887. The van der Waals surface area contributed by atoms with Crippen LogP contribution in [0.5, 0.6) is 5.75 Å². The second-order valence-corrected chi connectivity index (χ2v) is 6.86. The van der Waals surface area contributed by atoms with Gasteiger partial charge in [0.1, 0.15) is 11.9 Å². The van der Waals surface area contributed by atoms with Crippen LogP contribution in [0.2, 0.25) is 5.02 Å². The molecule has 0 saturated carbocycles. The zero-order valence-electron chi connectivity index (χ0n) is 14.3. The van der Waals surface area contributed by atoms with Crippen LogP contribution in [0.1, 0.15) is 36.0 Å². The van der Waals surface area contributed by atoms with Gasteiger partial charge in [-0.15, -0.1) is 0 Å². The van der Waals surface area contributed by atoms with Crippen molar-refractivity contribution in [2.75, 3.05) is 26.8 Å². The molecule has 2 aliphatic rings. The third-order valence-electron chi connectivity index (χ3n) is 4.74. The number of hydrogen-bond donors (Lipinski definition) is 1. The van der Waals surface area contributed by atoms with Crippen LogP contribution in [0.25, 0.3) is 0 Å². The first-order chi connectivity index (χ1) is 12.1. The van der Waals surface area contributed by atoms with E-state index >= 15 is 0 Å².